The molecule has 1 N–H and O–H groups in total. The standard InChI is InChI=1S/C21H26FN3O4S/c1-29-18-7-4-6-17(16-18)21(26)23-10-5-15-30(27,28)25-13-11-24(12-14-25)20-9-3-2-8-19(20)22/h2-4,6-9,16H,5,10-15H2,1H3,(H,23,26). The van der Waals surface area contributed by atoms with Crippen molar-refractivity contribution in [3.63, 3.8) is 0 Å². The van der Waals surface area contributed by atoms with Gasteiger partial charge in [0.15, 0.2) is 0 Å². The summed E-state index contributed by atoms with van der Waals surface area (Å²) in [5.74, 6) is -0.0457. The lowest BCUT2D eigenvalue weighted by molar-refractivity contribution is 0.0953. The van der Waals surface area contributed by atoms with Crippen LogP contribution in [0.25, 0.3) is 0 Å². The molecule has 9 heteroatoms. The van der Waals surface area contributed by atoms with Gasteiger partial charge in [-0.3, -0.25) is 4.79 Å². The molecule has 0 atom stereocenters. The van der Waals surface area contributed by atoms with Crippen molar-refractivity contribution in [2.45, 2.75) is 6.42 Å². The van der Waals surface area contributed by atoms with Crippen LogP contribution in [0.5, 0.6) is 5.75 Å². The van der Waals surface area contributed by atoms with Crippen LogP contribution in [0, 0.1) is 5.82 Å². The van der Waals surface area contributed by atoms with E-state index < -0.39 is 10.0 Å². The van der Waals surface area contributed by atoms with Crippen LogP contribution in [0.15, 0.2) is 48.5 Å². The average Bonchev–Trinajstić information content (AvgIpc) is 2.77. The molecule has 0 bridgehead atoms. The van der Waals surface area contributed by atoms with Gasteiger partial charge >= 0.3 is 0 Å². The lowest BCUT2D eigenvalue weighted by atomic mass is 10.2. The molecule has 0 saturated carbocycles. The zero-order chi connectivity index (χ0) is 21.6. The molecule has 2 aromatic carbocycles. The van der Waals surface area contributed by atoms with Crippen molar-refractivity contribution in [1.29, 1.82) is 0 Å². The molecule has 0 radical (unpaired) electrons. The van der Waals surface area contributed by atoms with Crippen molar-refractivity contribution in [2.24, 2.45) is 0 Å². The van der Waals surface area contributed by atoms with Crippen molar-refractivity contribution in [1.82, 2.24) is 9.62 Å². The van der Waals surface area contributed by atoms with Crippen LogP contribution in [-0.2, 0) is 10.0 Å². The number of rotatable bonds is 8. The average molecular weight is 436 g/mol. The molecule has 3 rings (SSSR count). The number of hydrogen-bond acceptors (Lipinski definition) is 5. The quantitative estimate of drug-likeness (QED) is 0.643. The summed E-state index contributed by atoms with van der Waals surface area (Å²) in [6, 6.07) is 13.3. The number of sulfonamides is 1. The molecule has 1 aliphatic rings. The summed E-state index contributed by atoms with van der Waals surface area (Å²) in [5, 5.41) is 2.73. The number of hydrogen-bond donors (Lipinski definition) is 1. The lowest BCUT2D eigenvalue weighted by Gasteiger charge is -2.35. The summed E-state index contributed by atoms with van der Waals surface area (Å²) in [7, 11) is -1.90. The van der Waals surface area contributed by atoms with E-state index in [1.165, 1.54) is 17.5 Å². The van der Waals surface area contributed by atoms with Gasteiger partial charge in [0.2, 0.25) is 10.0 Å². The monoisotopic (exact) mass is 435 g/mol. The largest absolute Gasteiger partial charge is 0.497 e. The van der Waals surface area contributed by atoms with E-state index in [4.69, 9.17) is 4.74 Å². The van der Waals surface area contributed by atoms with E-state index in [0.717, 1.165) is 0 Å². The first kappa shape index (κ1) is 22.0. The second kappa shape index (κ2) is 9.90. The Hall–Kier alpha value is -2.65. The number of carbonyl (C=O) groups excluding carboxylic acids is 1. The molecule has 1 fully saturated rings. The summed E-state index contributed by atoms with van der Waals surface area (Å²) < 4.78 is 45.7. The summed E-state index contributed by atoms with van der Waals surface area (Å²) in [5.41, 5.74) is 0.955. The van der Waals surface area contributed by atoms with Gasteiger partial charge in [-0.15, -0.1) is 0 Å². The highest BCUT2D eigenvalue weighted by molar-refractivity contribution is 7.89. The lowest BCUT2D eigenvalue weighted by Crippen LogP contribution is -2.49. The van der Waals surface area contributed by atoms with Crippen LogP contribution >= 0.6 is 0 Å². The van der Waals surface area contributed by atoms with E-state index in [2.05, 4.69) is 5.32 Å². The molecule has 0 unspecified atom stereocenters. The fraction of sp³-hybridized carbons (Fsp3) is 0.381. The van der Waals surface area contributed by atoms with E-state index >= 15 is 0 Å². The molecular formula is C21H26FN3O4S. The number of para-hydroxylation sites is 1. The molecule has 2 aromatic rings. The fourth-order valence-electron chi connectivity index (χ4n) is 3.37. The van der Waals surface area contributed by atoms with Gasteiger partial charge < -0.3 is 15.0 Å². The third-order valence-electron chi connectivity index (χ3n) is 5.02. The number of amides is 1. The number of benzene rings is 2. The SMILES string of the molecule is COc1cccc(C(=O)NCCCS(=O)(=O)N2CCN(c3ccccc3F)CC2)c1. The zero-order valence-corrected chi connectivity index (χ0v) is 17.7. The highest BCUT2D eigenvalue weighted by Crippen LogP contribution is 2.21. The molecule has 1 saturated heterocycles. The Labute approximate surface area is 176 Å². The first-order valence-electron chi connectivity index (χ1n) is 9.80. The first-order chi connectivity index (χ1) is 14.4. The van der Waals surface area contributed by atoms with Gasteiger partial charge in [-0.25, -0.2) is 12.8 Å². The molecule has 7 nitrogen and oxygen atoms in total. The maximum Gasteiger partial charge on any atom is 0.251 e. The number of nitrogens with one attached hydrogen (secondary N) is 1. The molecule has 1 heterocycles. The van der Waals surface area contributed by atoms with Crippen LogP contribution in [0.3, 0.4) is 0 Å². The van der Waals surface area contributed by atoms with E-state index in [-0.39, 0.29) is 24.0 Å². The van der Waals surface area contributed by atoms with Gasteiger partial charge in [0, 0.05) is 38.3 Å². The Bertz CT molecular complexity index is 976. The van der Waals surface area contributed by atoms with Crippen LogP contribution < -0.4 is 15.0 Å². The molecule has 30 heavy (non-hydrogen) atoms. The minimum Gasteiger partial charge on any atom is -0.497 e. The maximum absolute atomic E-state index is 13.9. The smallest absolute Gasteiger partial charge is 0.251 e. The summed E-state index contributed by atoms with van der Waals surface area (Å²) in [6.07, 6.45) is 0.311. The normalized spacial score (nSPS) is 15.1. The summed E-state index contributed by atoms with van der Waals surface area (Å²) in [4.78, 5) is 14.0. The van der Waals surface area contributed by atoms with Crippen molar-refractivity contribution < 1.29 is 22.3 Å². The summed E-state index contributed by atoms with van der Waals surface area (Å²) >= 11 is 0. The van der Waals surface area contributed by atoms with Crippen LogP contribution in [0.1, 0.15) is 16.8 Å². The Morgan fingerprint density at radius 1 is 1.10 bits per heavy atom. The number of piperazine rings is 1. The Kier molecular flexibility index (Phi) is 7.28. The maximum atomic E-state index is 13.9. The molecular weight excluding hydrogens is 409 g/mol. The van der Waals surface area contributed by atoms with Crippen molar-refractivity contribution in [3.05, 3.63) is 59.9 Å². The molecule has 1 aliphatic heterocycles. The van der Waals surface area contributed by atoms with Gasteiger partial charge in [0.1, 0.15) is 11.6 Å². The Balaban J connectivity index is 1.44. The topological polar surface area (TPSA) is 78.9 Å². The predicted molar refractivity (Wildman–Crippen MR) is 114 cm³/mol. The number of nitrogens with zero attached hydrogens (tertiary/aromatic N) is 2. The number of anilines is 1. The van der Waals surface area contributed by atoms with E-state index in [1.807, 2.05) is 4.90 Å². The van der Waals surface area contributed by atoms with Crippen molar-refractivity contribution in [3.8, 4) is 5.75 Å². The second-order valence-corrected chi connectivity index (χ2v) is 9.08. The van der Waals surface area contributed by atoms with Crippen LogP contribution in [-0.4, -0.2) is 64.2 Å². The van der Waals surface area contributed by atoms with Crippen LogP contribution in [0.2, 0.25) is 0 Å². The van der Waals surface area contributed by atoms with Crippen molar-refractivity contribution >= 4 is 21.6 Å². The summed E-state index contributed by atoms with van der Waals surface area (Å²) in [6.45, 7) is 1.75. The van der Waals surface area contributed by atoms with Gasteiger partial charge in [0.05, 0.1) is 18.6 Å². The number of ether oxygens (including phenoxy) is 1. The van der Waals surface area contributed by atoms with E-state index in [1.54, 1.807) is 42.5 Å². The zero-order valence-electron chi connectivity index (χ0n) is 16.9. The number of methoxy groups -OCH3 is 1. The van der Waals surface area contributed by atoms with Gasteiger partial charge in [0.25, 0.3) is 5.91 Å². The molecule has 0 aliphatic carbocycles. The molecule has 0 spiro atoms. The molecule has 162 valence electrons. The van der Waals surface area contributed by atoms with Gasteiger partial charge in [-0.1, -0.05) is 18.2 Å². The Morgan fingerprint density at radius 2 is 1.83 bits per heavy atom. The van der Waals surface area contributed by atoms with Gasteiger partial charge in [-0.05, 0) is 36.8 Å². The third-order valence-corrected chi connectivity index (χ3v) is 6.98. The second-order valence-electron chi connectivity index (χ2n) is 6.99. The van der Waals surface area contributed by atoms with Crippen LogP contribution in [0.4, 0.5) is 10.1 Å². The predicted octanol–water partition coefficient (Wildman–Crippen LogP) is 2.11. The highest BCUT2D eigenvalue weighted by Gasteiger charge is 2.27. The third kappa shape index (κ3) is 5.48. The van der Waals surface area contributed by atoms with Gasteiger partial charge in [-0.2, -0.15) is 4.31 Å². The number of halogens is 1. The van der Waals surface area contributed by atoms with E-state index in [9.17, 15) is 17.6 Å². The highest BCUT2D eigenvalue weighted by atomic mass is 32.2. The first-order valence-corrected chi connectivity index (χ1v) is 11.4. The minimum atomic E-state index is -3.43. The Morgan fingerprint density at radius 3 is 2.53 bits per heavy atom. The van der Waals surface area contributed by atoms with E-state index in [0.29, 0.717) is 49.6 Å². The fourth-order valence-corrected chi connectivity index (χ4v) is 4.85. The molecule has 0 aromatic heterocycles. The molecule has 1 amide bonds. The number of carbonyl (C=O) groups is 1. The minimum absolute atomic E-state index is 0.0505. The van der Waals surface area contributed by atoms with Crippen molar-refractivity contribution in [2.75, 3.05) is 50.5 Å².